The van der Waals surface area contributed by atoms with Crippen LogP contribution in [0.3, 0.4) is 0 Å². The van der Waals surface area contributed by atoms with E-state index in [1.807, 2.05) is 78.9 Å². The molecule has 7 rings (SSSR count). The van der Waals surface area contributed by atoms with Crippen LogP contribution in [0.1, 0.15) is 33.2 Å². The molecule has 0 unspecified atom stereocenters. The zero-order chi connectivity index (χ0) is 35.0. The van der Waals surface area contributed by atoms with E-state index >= 15 is 0 Å². The Morgan fingerprint density at radius 1 is 0.314 bits per heavy atom. The van der Waals surface area contributed by atoms with Gasteiger partial charge in [0.05, 0.1) is 0 Å². The molecule has 0 bridgehead atoms. The van der Waals surface area contributed by atoms with Crippen molar-refractivity contribution in [3.63, 3.8) is 0 Å². The standard InChI is InChI=1S/C45H32O6/c1-31(46)32-7-17-38(18-8-32)50-43-27-29-44(30-28-43)51-42-25-15-36(16-26-42)45(47)35-13-23-41(24-14-35)49-40-21-11-34(12-22-40)33-9-19-39(20-10-33)48-37-5-3-2-4-6-37/h2-30H,1H3. The van der Waals surface area contributed by atoms with Crippen molar-refractivity contribution in [3.8, 4) is 57.1 Å². The molecule has 0 atom stereocenters. The molecule has 0 N–H and O–H groups in total. The Bertz CT molecular complexity index is 2230. The summed E-state index contributed by atoms with van der Waals surface area (Å²) in [4.78, 5) is 24.7. The molecular weight excluding hydrogens is 636 g/mol. The van der Waals surface area contributed by atoms with Gasteiger partial charge in [-0.15, -0.1) is 0 Å². The zero-order valence-corrected chi connectivity index (χ0v) is 27.7. The first-order valence-electron chi connectivity index (χ1n) is 16.4. The minimum Gasteiger partial charge on any atom is -0.457 e. The smallest absolute Gasteiger partial charge is 0.193 e. The summed E-state index contributed by atoms with van der Waals surface area (Å²) in [7, 11) is 0. The summed E-state index contributed by atoms with van der Waals surface area (Å²) in [6, 6.07) is 53.9. The molecule has 0 heterocycles. The van der Waals surface area contributed by atoms with Crippen LogP contribution < -0.4 is 18.9 Å². The molecule has 0 aromatic heterocycles. The van der Waals surface area contributed by atoms with Gasteiger partial charge in [-0.25, -0.2) is 0 Å². The Morgan fingerprint density at radius 3 is 0.882 bits per heavy atom. The minimum absolute atomic E-state index is 0.00790. The highest BCUT2D eigenvalue weighted by Gasteiger charge is 2.11. The van der Waals surface area contributed by atoms with Crippen LogP contribution in [-0.4, -0.2) is 11.6 Å². The molecule has 0 fully saturated rings. The Morgan fingerprint density at radius 2 is 0.569 bits per heavy atom. The van der Waals surface area contributed by atoms with Crippen LogP contribution in [0, 0.1) is 0 Å². The normalized spacial score (nSPS) is 10.6. The molecule has 0 amide bonds. The van der Waals surface area contributed by atoms with Crippen LogP contribution in [0.5, 0.6) is 46.0 Å². The van der Waals surface area contributed by atoms with Gasteiger partial charge in [-0.1, -0.05) is 42.5 Å². The lowest BCUT2D eigenvalue weighted by Gasteiger charge is -2.10. The summed E-state index contributed by atoms with van der Waals surface area (Å²) in [5, 5.41) is 0. The maximum Gasteiger partial charge on any atom is 0.193 e. The summed E-state index contributed by atoms with van der Waals surface area (Å²) in [6.07, 6.45) is 0. The lowest BCUT2D eigenvalue weighted by atomic mass is 10.0. The average molecular weight is 669 g/mol. The van der Waals surface area contributed by atoms with Crippen molar-refractivity contribution >= 4 is 11.6 Å². The lowest BCUT2D eigenvalue weighted by Crippen LogP contribution is -2.01. The van der Waals surface area contributed by atoms with E-state index in [9.17, 15) is 9.59 Å². The topological polar surface area (TPSA) is 71.1 Å². The number of carbonyl (C=O) groups is 2. The summed E-state index contributed by atoms with van der Waals surface area (Å²) in [5.41, 5.74) is 3.86. The molecule has 7 aromatic rings. The molecule has 0 aliphatic heterocycles. The lowest BCUT2D eigenvalue weighted by molar-refractivity contribution is 0.101. The molecular formula is C45H32O6. The number of rotatable bonds is 12. The van der Waals surface area contributed by atoms with Gasteiger partial charge in [-0.05, 0) is 152 Å². The van der Waals surface area contributed by atoms with Crippen LogP contribution in [0.4, 0.5) is 0 Å². The van der Waals surface area contributed by atoms with Gasteiger partial charge in [0.1, 0.15) is 46.0 Å². The zero-order valence-electron chi connectivity index (χ0n) is 27.7. The Labute approximate surface area is 296 Å². The average Bonchev–Trinajstić information content (AvgIpc) is 3.17. The molecule has 0 spiro atoms. The van der Waals surface area contributed by atoms with Crippen LogP contribution >= 0.6 is 0 Å². The van der Waals surface area contributed by atoms with Gasteiger partial charge in [0.2, 0.25) is 0 Å². The number of ether oxygens (including phenoxy) is 4. The molecule has 0 radical (unpaired) electrons. The molecule has 6 heteroatoms. The van der Waals surface area contributed by atoms with Crippen molar-refractivity contribution in [1.82, 2.24) is 0 Å². The van der Waals surface area contributed by atoms with Crippen LogP contribution in [0.2, 0.25) is 0 Å². The maximum atomic E-state index is 13.2. The van der Waals surface area contributed by atoms with Crippen LogP contribution in [0.25, 0.3) is 11.1 Å². The van der Waals surface area contributed by atoms with E-state index in [-0.39, 0.29) is 11.6 Å². The van der Waals surface area contributed by atoms with Crippen molar-refractivity contribution in [2.24, 2.45) is 0 Å². The highest BCUT2D eigenvalue weighted by atomic mass is 16.5. The van der Waals surface area contributed by atoms with Crippen LogP contribution in [-0.2, 0) is 0 Å². The van der Waals surface area contributed by atoms with E-state index in [2.05, 4.69) is 0 Å². The minimum atomic E-state index is -0.101. The quantitative estimate of drug-likeness (QED) is 0.121. The summed E-state index contributed by atoms with van der Waals surface area (Å²) in [6.45, 7) is 1.53. The number of benzene rings is 7. The fourth-order valence-electron chi connectivity index (χ4n) is 5.31. The Balaban J connectivity index is 0.908. The second-order valence-electron chi connectivity index (χ2n) is 11.7. The summed E-state index contributed by atoms with van der Waals surface area (Å²) >= 11 is 0. The number of carbonyl (C=O) groups excluding carboxylic acids is 2. The predicted molar refractivity (Wildman–Crippen MR) is 198 cm³/mol. The van der Waals surface area contributed by atoms with E-state index in [1.54, 1.807) is 97.1 Å². The second kappa shape index (κ2) is 15.1. The predicted octanol–water partition coefficient (Wildman–Crippen LogP) is 12.0. The Hall–Kier alpha value is -6.92. The fraction of sp³-hybridized carbons (Fsp3) is 0.0222. The fourth-order valence-corrected chi connectivity index (χ4v) is 5.31. The number of ketones is 2. The molecule has 0 saturated heterocycles. The van der Waals surface area contributed by atoms with E-state index in [1.165, 1.54) is 6.92 Å². The van der Waals surface area contributed by atoms with Gasteiger partial charge >= 0.3 is 0 Å². The monoisotopic (exact) mass is 668 g/mol. The molecule has 6 nitrogen and oxygen atoms in total. The van der Waals surface area contributed by atoms with E-state index < -0.39 is 0 Å². The van der Waals surface area contributed by atoms with Crippen molar-refractivity contribution in [2.75, 3.05) is 0 Å². The first kappa shape index (κ1) is 32.6. The van der Waals surface area contributed by atoms with E-state index in [0.29, 0.717) is 51.2 Å². The number of para-hydroxylation sites is 1. The highest BCUT2D eigenvalue weighted by Crippen LogP contribution is 2.30. The first-order chi connectivity index (χ1) is 24.9. The number of hydrogen-bond acceptors (Lipinski definition) is 6. The van der Waals surface area contributed by atoms with E-state index in [4.69, 9.17) is 18.9 Å². The van der Waals surface area contributed by atoms with Crippen molar-refractivity contribution in [1.29, 1.82) is 0 Å². The second-order valence-corrected chi connectivity index (χ2v) is 11.7. The molecule has 0 aliphatic carbocycles. The third-order valence-corrected chi connectivity index (χ3v) is 8.05. The molecule has 248 valence electrons. The van der Waals surface area contributed by atoms with Gasteiger partial charge in [-0.3, -0.25) is 9.59 Å². The van der Waals surface area contributed by atoms with Gasteiger partial charge in [-0.2, -0.15) is 0 Å². The van der Waals surface area contributed by atoms with Gasteiger partial charge in [0.15, 0.2) is 11.6 Å². The molecule has 7 aromatic carbocycles. The summed E-state index contributed by atoms with van der Waals surface area (Å²) < 4.78 is 23.8. The highest BCUT2D eigenvalue weighted by molar-refractivity contribution is 6.09. The SMILES string of the molecule is CC(=O)c1ccc(Oc2ccc(Oc3ccc(C(=O)c4ccc(Oc5ccc(-c6ccc(Oc7ccccc7)cc6)cc5)cc4)cc3)cc2)cc1. The maximum absolute atomic E-state index is 13.2. The molecule has 0 saturated carbocycles. The van der Waals surface area contributed by atoms with Gasteiger partial charge in [0, 0.05) is 16.7 Å². The van der Waals surface area contributed by atoms with Crippen molar-refractivity contribution in [2.45, 2.75) is 6.92 Å². The number of Topliss-reactive ketones (excluding diaryl/α,β-unsaturated/α-hetero) is 1. The molecule has 0 aliphatic rings. The van der Waals surface area contributed by atoms with Crippen molar-refractivity contribution < 1.29 is 28.5 Å². The first-order valence-corrected chi connectivity index (χ1v) is 16.4. The van der Waals surface area contributed by atoms with E-state index in [0.717, 1.165) is 22.6 Å². The number of hydrogen-bond donors (Lipinski definition) is 0. The van der Waals surface area contributed by atoms with Crippen molar-refractivity contribution in [3.05, 3.63) is 193 Å². The van der Waals surface area contributed by atoms with Gasteiger partial charge < -0.3 is 18.9 Å². The van der Waals surface area contributed by atoms with Gasteiger partial charge in [0.25, 0.3) is 0 Å². The largest absolute Gasteiger partial charge is 0.457 e. The molecule has 51 heavy (non-hydrogen) atoms. The Kier molecular flexibility index (Phi) is 9.66. The third kappa shape index (κ3) is 8.39. The third-order valence-electron chi connectivity index (χ3n) is 8.05. The van der Waals surface area contributed by atoms with Crippen LogP contribution in [0.15, 0.2) is 176 Å². The summed E-state index contributed by atoms with van der Waals surface area (Å²) in [5.74, 6) is 5.31.